The fraction of sp³-hybridized carbons (Fsp3) is 0.300. The molecule has 25 heavy (non-hydrogen) atoms. The topological polar surface area (TPSA) is 68.2 Å². The van der Waals surface area contributed by atoms with Gasteiger partial charge in [-0.2, -0.15) is 0 Å². The molecule has 128 valence electrons. The Labute approximate surface area is 145 Å². The Morgan fingerprint density at radius 3 is 2.80 bits per heavy atom. The molecule has 2 aromatic carbocycles. The van der Waals surface area contributed by atoms with Crippen molar-refractivity contribution in [1.29, 1.82) is 0 Å². The van der Waals surface area contributed by atoms with E-state index >= 15 is 0 Å². The molecule has 0 spiro atoms. The maximum Gasteiger partial charge on any atom is 0.141 e. The van der Waals surface area contributed by atoms with Crippen molar-refractivity contribution in [3.05, 3.63) is 53.1 Å². The summed E-state index contributed by atoms with van der Waals surface area (Å²) >= 11 is 0. The fourth-order valence-corrected chi connectivity index (χ4v) is 4.00. The second-order valence-electron chi connectivity index (χ2n) is 6.95. The third-order valence-corrected chi connectivity index (χ3v) is 5.28. The van der Waals surface area contributed by atoms with E-state index in [1.165, 1.54) is 0 Å². The van der Waals surface area contributed by atoms with Gasteiger partial charge in [0.05, 0.1) is 18.1 Å². The number of benzene rings is 2. The van der Waals surface area contributed by atoms with Crippen LogP contribution in [-0.4, -0.2) is 22.9 Å². The van der Waals surface area contributed by atoms with Gasteiger partial charge in [0.25, 0.3) is 0 Å². The van der Waals surface area contributed by atoms with Crippen LogP contribution in [-0.2, 0) is 6.42 Å². The van der Waals surface area contributed by atoms with Crippen molar-refractivity contribution >= 4 is 0 Å². The van der Waals surface area contributed by atoms with Gasteiger partial charge in [-0.15, -0.1) is 0 Å². The number of phenols is 2. The highest BCUT2D eigenvalue weighted by Gasteiger charge is 2.45. The summed E-state index contributed by atoms with van der Waals surface area (Å²) in [7, 11) is 0. The van der Waals surface area contributed by atoms with Crippen LogP contribution in [0.5, 0.6) is 28.7 Å². The molecular formula is C20H18O5. The van der Waals surface area contributed by atoms with Crippen molar-refractivity contribution in [3.63, 3.8) is 0 Å². The van der Waals surface area contributed by atoms with Gasteiger partial charge in [-0.3, -0.25) is 0 Å². The molecule has 0 bridgehead atoms. The molecule has 0 aliphatic carbocycles. The van der Waals surface area contributed by atoms with Crippen LogP contribution in [0.4, 0.5) is 0 Å². The lowest BCUT2D eigenvalue weighted by Gasteiger charge is -2.29. The molecule has 5 nitrogen and oxygen atoms in total. The van der Waals surface area contributed by atoms with Crippen LogP contribution in [0.1, 0.15) is 35.6 Å². The summed E-state index contributed by atoms with van der Waals surface area (Å²) in [4.78, 5) is 0. The van der Waals surface area contributed by atoms with Crippen LogP contribution in [0.2, 0.25) is 0 Å². The third kappa shape index (κ3) is 1.95. The van der Waals surface area contributed by atoms with Crippen molar-refractivity contribution < 1.29 is 24.4 Å². The molecule has 2 N–H and O–H groups in total. The summed E-state index contributed by atoms with van der Waals surface area (Å²) < 4.78 is 18.0. The SMILES string of the molecule is C=C(C)[C@H]1Cc2c(cc(O)c3c2OC[C@@H]2c4ccc(O)cc4O[C@H]32)O1. The van der Waals surface area contributed by atoms with E-state index in [0.29, 0.717) is 35.8 Å². The Kier molecular flexibility index (Phi) is 2.82. The fourth-order valence-electron chi connectivity index (χ4n) is 4.00. The number of fused-ring (bicyclic) bond motifs is 7. The van der Waals surface area contributed by atoms with Crippen molar-refractivity contribution in [3.8, 4) is 28.7 Å². The molecule has 0 saturated heterocycles. The van der Waals surface area contributed by atoms with Gasteiger partial charge < -0.3 is 24.4 Å². The molecular weight excluding hydrogens is 320 g/mol. The van der Waals surface area contributed by atoms with Crippen molar-refractivity contribution in [1.82, 2.24) is 0 Å². The van der Waals surface area contributed by atoms with Crippen molar-refractivity contribution in [2.24, 2.45) is 0 Å². The van der Waals surface area contributed by atoms with Gasteiger partial charge in [0, 0.05) is 29.7 Å². The molecule has 2 aromatic rings. The minimum atomic E-state index is -0.324. The predicted octanol–water partition coefficient (Wildman–Crippen LogP) is 3.59. The quantitative estimate of drug-likeness (QED) is 0.778. The molecule has 0 unspecified atom stereocenters. The number of hydrogen-bond donors (Lipinski definition) is 2. The average Bonchev–Trinajstić information content (AvgIpc) is 3.14. The predicted molar refractivity (Wildman–Crippen MR) is 90.8 cm³/mol. The van der Waals surface area contributed by atoms with E-state index in [1.54, 1.807) is 18.2 Å². The molecule has 0 saturated carbocycles. The lowest BCUT2D eigenvalue weighted by Crippen LogP contribution is -2.24. The van der Waals surface area contributed by atoms with Gasteiger partial charge >= 0.3 is 0 Å². The smallest absolute Gasteiger partial charge is 0.141 e. The van der Waals surface area contributed by atoms with E-state index in [-0.39, 0.29) is 29.6 Å². The second-order valence-corrected chi connectivity index (χ2v) is 6.95. The molecule has 5 heteroatoms. The summed E-state index contributed by atoms with van der Waals surface area (Å²) in [5.41, 5.74) is 3.56. The zero-order valence-corrected chi connectivity index (χ0v) is 13.8. The molecule has 3 atom stereocenters. The molecule has 3 heterocycles. The Balaban J connectivity index is 1.61. The van der Waals surface area contributed by atoms with E-state index in [4.69, 9.17) is 14.2 Å². The summed E-state index contributed by atoms with van der Waals surface area (Å²) in [5.74, 6) is 2.22. The number of hydrogen-bond acceptors (Lipinski definition) is 5. The standard InChI is InChI=1S/C20H18O5/c1-9(2)15-6-12-17(24-15)7-14(22)18-19(12)23-8-13-11-4-3-10(21)5-16(11)25-20(13)18/h3-5,7,13,15,20-22H,1,6,8H2,2H3/t13-,15-,20+/m1/s1. The van der Waals surface area contributed by atoms with Crippen LogP contribution in [0.15, 0.2) is 36.4 Å². The van der Waals surface area contributed by atoms with Gasteiger partial charge in [-0.1, -0.05) is 12.6 Å². The maximum atomic E-state index is 10.6. The van der Waals surface area contributed by atoms with Gasteiger partial charge in [-0.25, -0.2) is 0 Å². The zero-order valence-electron chi connectivity index (χ0n) is 13.8. The number of ether oxygens (including phenoxy) is 3. The van der Waals surface area contributed by atoms with E-state index < -0.39 is 0 Å². The van der Waals surface area contributed by atoms with Crippen LogP contribution in [0.25, 0.3) is 0 Å². The first-order chi connectivity index (χ1) is 12.0. The van der Waals surface area contributed by atoms with Crippen LogP contribution in [0, 0.1) is 0 Å². The first kappa shape index (κ1) is 14.5. The van der Waals surface area contributed by atoms with Crippen molar-refractivity contribution in [2.45, 2.75) is 31.5 Å². The van der Waals surface area contributed by atoms with Gasteiger partial charge in [0.15, 0.2) is 0 Å². The summed E-state index contributed by atoms with van der Waals surface area (Å²) in [6.45, 7) is 6.36. The highest BCUT2D eigenvalue weighted by Crippen LogP contribution is 2.57. The number of rotatable bonds is 1. The Morgan fingerprint density at radius 1 is 1.16 bits per heavy atom. The lowest BCUT2D eigenvalue weighted by atomic mass is 9.87. The maximum absolute atomic E-state index is 10.6. The summed E-state index contributed by atoms with van der Waals surface area (Å²) in [5, 5.41) is 20.3. The molecule has 5 rings (SSSR count). The number of phenolic OH excluding ortho intramolecular Hbond substituents is 2. The first-order valence-electron chi connectivity index (χ1n) is 8.36. The van der Waals surface area contributed by atoms with Crippen LogP contribution in [0.3, 0.4) is 0 Å². The molecule has 0 radical (unpaired) electrons. The van der Waals surface area contributed by atoms with Gasteiger partial charge in [0.1, 0.15) is 41.0 Å². The number of aromatic hydroxyl groups is 2. The lowest BCUT2D eigenvalue weighted by molar-refractivity contribution is 0.135. The molecule has 0 aromatic heterocycles. The Bertz CT molecular complexity index is 917. The van der Waals surface area contributed by atoms with Crippen LogP contribution < -0.4 is 14.2 Å². The van der Waals surface area contributed by atoms with E-state index in [2.05, 4.69) is 6.58 Å². The summed E-state index contributed by atoms with van der Waals surface area (Å²) in [6, 6.07) is 6.76. The summed E-state index contributed by atoms with van der Waals surface area (Å²) in [6.07, 6.45) is 0.258. The third-order valence-electron chi connectivity index (χ3n) is 5.28. The molecule has 3 aliphatic rings. The van der Waals surface area contributed by atoms with E-state index in [0.717, 1.165) is 16.7 Å². The highest BCUT2D eigenvalue weighted by atomic mass is 16.5. The van der Waals surface area contributed by atoms with Gasteiger partial charge in [-0.05, 0) is 18.6 Å². The van der Waals surface area contributed by atoms with E-state index in [9.17, 15) is 10.2 Å². The highest BCUT2D eigenvalue weighted by molar-refractivity contribution is 5.63. The minimum Gasteiger partial charge on any atom is -0.508 e. The zero-order chi connectivity index (χ0) is 17.3. The van der Waals surface area contributed by atoms with Crippen molar-refractivity contribution in [2.75, 3.05) is 6.61 Å². The molecule has 0 fully saturated rings. The van der Waals surface area contributed by atoms with Gasteiger partial charge in [0.2, 0.25) is 0 Å². The molecule has 0 amide bonds. The Morgan fingerprint density at radius 2 is 2.00 bits per heavy atom. The first-order valence-corrected chi connectivity index (χ1v) is 8.36. The normalized spacial score (nSPS) is 24.9. The monoisotopic (exact) mass is 338 g/mol. The Hall–Kier alpha value is -2.82. The minimum absolute atomic E-state index is 0.00805. The van der Waals surface area contributed by atoms with E-state index in [1.807, 2.05) is 13.0 Å². The van der Waals surface area contributed by atoms with Crippen LogP contribution >= 0.6 is 0 Å². The second kappa shape index (κ2) is 4.85. The molecule has 3 aliphatic heterocycles. The average molecular weight is 338 g/mol. The largest absolute Gasteiger partial charge is 0.508 e.